The molecular formula is C21H25FN2O2S. The van der Waals surface area contributed by atoms with Gasteiger partial charge in [-0.05, 0) is 43.3 Å². The molecule has 0 saturated carbocycles. The van der Waals surface area contributed by atoms with Crippen molar-refractivity contribution in [1.82, 2.24) is 4.90 Å². The second kappa shape index (κ2) is 9.65. The Morgan fingerprint density at radius 1 is 1.07 bits per heavy atom. The van der Waals surface area contributed by atoms with Crippen molar-refractivity contribution in [2.45, 2.75) is 18.2 Å². The van der Waals surface area contributed by atoms with E-state index < -0.39 is 0 Å². The smallest absolute Gasteiger partial charge is 0.223 e. The highest BCUT2D eigenvalue weighted by Gasteiger charge is 2.22. The van der Waals surface area contributed by atoms with E-state index in [1.807, 2.05) is 30.0 Å². The number of piperazine rings is 1. The van der Waals surface area contributed by atoms with Crippen molar-refractivity contribution < 1.29 is 13.9 Å². The van der Waals surface area contributed by atoms with Crippen LogP contribution in [0.3, 0.4) is 0 Å². The Morgan fingerprint density at radius 3 is 2.48 bits per heavy atom. The zero-order valence-corrected chi connectivity index (χ0v) is 16.4. The van der Waals surface area contributed by atoms with E-state index in [1.165, 1.54) is 12.1 Å². The fourth-order valence-corrected chi connectivity index (χ4v) is 3.98. The number of rotatable bonds is 7. The maximum atomic E-state index is 12.9. The predicted molar refractivity (Wildman–Crippen MR) is 108 cm³/mol. The van der Waals surface area contributed by atoms with Crippen molar-refractivity contribution in [2.75, 3.05) is 43.4 Å². The normalized spacial score (nSPS) is 14.3. The van der Waals surface area contributed by atoms with E-state index in [2.05, 4.69) is 11.0 Å². The molecule has 0 aromatic heterocycles. The summed E-state index contributed by atoms with van der Waals surface area (Å²) < 4.78 is 18.6. The van der Waals surface area contributed by atoms with Gasteiger partial charge in [-0.15, -0.1) is 11.8 Å². The molecule has 1 saturated heterocycles. The number of amides is 1. The fourth-order valence-electron chi connectivity index (χ4n) is 3.14. The molecule has 2 aromatic rings. The lowest BCUT2D eigenvalue weighted by Gasteiger charge is -2.36. The van der Waals surface area contributed by atoms with Gasteiger partial charge in [0.05, 0.1) is 12.3 Å². The molecule has 144 valence electrons. The number of anilines is 1. The van der Waals surface area contributed by atoms with Crippen LogP contribution in [-0.4, -0.2) is 49.3 Å². The van der Waals surface area contributed by atoms with Crippen LogP contribution < -0.4 is 9.64 Å². The lowest BCUT2D eigenvalue weighted by atomic mass is 10.2. The van der Waals surface area contributed by atoms with Crippen molar-refractivity contribution in [2.24, 2.45) is 0 Å². The van der Waals surface area contributed by atoms with Gasteiger partial charge in [0.15, 0.2) is 0 Å². The number of nitrogens with zero attached hydrogens (tertiary/aromatic N) is 2. The molecule has 4 nitrogen and oxygen atoms in total. The standard InChI is InChI=1S/C21H25FN2O2S/c1-2-26-20-6-4-3-5-19(20)23-12-14-24(15-13-23)21(25)11-16-27-18-9-7-17(22)8-10-18/h3-10H,2,11-16H2,1H3. The van der Waals surface area contributed by atoms with Gasteiger partial charge in [0.1, 0.15) is 11.6 Å². The van der Waals surface area contributed by atoms with Crippen LogP contribution in [0.4, 0.5) is 10.1 Å². The van der Waals surface area contributed by atoms with Crippen LogP contribution in [0, 0.1) is 5.82 Å². The molecule has 27 heavy (non-hydrogen) atoms. The largest absolute Gasteiger partial charge is 0.492 e. The van der Waals surface area contributed by atoms with Crippen molar-refractivity contribution in [1.29, 1.82) is 0 Å². The average molecular weight is 389 g/mol. The van der Waals surface area contributed by atoms with Gasteiger partial charge in [-0.2, -0.15) is 0 Å². The monoisotopic (exact) mass is 388 g/mol. The Labute approximate surface area is 164 Å². The van der Waals surface area contributed by atoms with Crippen LogP contribution in [0.2, 0.25) is 0 Å². The van der Waals surface area contributed by atoms with Crippen LogP contribution in [0.1, 0.15) is 13.3 Å². The summed E-state index contributed by atoms with van der Waals surface area (Å²) in [5, 5.41) is 0. The van der Waals surface area contributed by atoms with Gasteiger partial charge in [-0.1, -0.05) is 12.1 Å². The van der Waals surface area contributed by atoms with Crippen LogP contribution >= 0.6 is 11.8 Å². The molecule has 3 rings (SSSR count). The van der Waals surface area contributed by atoms with E-state index >= 15 is 0 Å². The average Bonchev–Trinajstić information content (AvgIpc) is 2.70. The molecule has 1 heterocycles. The topological polar surface area (TPSA) is 32.8 Å². The van der Waals surface area contributed by atoms with Crippen LogP contribution in [0.15, 0.2) is 53.4 Å². The number of carbonyl (C=O) groups is 1. The minimum Gasteiger partial charge on any atom is -0.492 e. The summed E-state index contributed by atoms with van der Waals surface area (Å²) in [6, 6.07) is 14.4. The van der Waals surface area contributed by atoms with Crippen molar-refractivity contribution in [3.05, 3.63) is 54.3 Å². The van der Waals surface area contributed by atoms with E-state index in [0.717, 1.165) is 42.5 Å². The molecule has 0 unspecified atom stereocenters. The second-order valence-corrected chi connectivity index (χ2v) is 7.49. The van der Waals surface area contributed by atoms with Gasteiger partial charge < -0.3 is 14.5 Å². The van der Waals surface area contributed by atoms with Gasteiger partial charge in [0.2, 0.25) is 5.91 Å². The predicted octanol–water partition coefficient (Wildman–Crippen LogP) is 4.06. The zero-order valence-electron chi connectivity index (χ0n) is 15.6. The van der Waals surface area contributed by atoms with Gasteiger partial charge in [0.25, 0.3) is 0 Å². The molecule has 0 bridgehead atoms. The fraction of sp³-hybridized carbons (Fsp3) is 0.381. The molecule has 0 radical (unpaired) electrons. The molecule has 0 spiro atoms. The number of thioether (sulfide) groups is 1. The third-order valence-electron chi connectivity index (χ3n) is 4.54. The highest BCUT2D eigenvalue weighted by atomic mass is 32.2. The highest BCUT2D eigenvalue weighted by molar-refractivity contribution is 7.99. The number of para-hydroxylation sites is 2. The van der Waals surface area contributed by atoms with E-state index in [0.29, 0.717) is 18.8 Å². The van der Waals surface area contributed by atoms with E-state index in [9.17, 15) is 9.18 Å². The van der Waals surface area contributed by atoms with Crippen LogP contribution in [0.5, 0.6) is 5.75 Å². The van der Waals surface area contributed by atoms with Crippen LogP contribution in [0.25, 0.3) is 0 Å². The third-order valence-corrected chi connectivity index (χ3v) is 5.55. The number of carbonyl (C=O) groups excluding carboxylic acids is 1. The summed E-state index contributed by atoms with van der Waals surface area (Å²) >= 11 is 1.59. The number of benzene rings is 2. The Kier molecular flexibility index (Phi) is 6.98. The maximum absolute atomic E-state index is 12.9. The molecule has 1 aliphatic rings. The molecule has 6 heteroatoms. The van der Waals surface area contributed by atoms with Gasteiger partial charge in [-0.3, -0.25) is 4.79 Å². The Hall–Kier alpha value is -2.21. The summed E-state index contributed by atoms with van der Waals surface area (Å²) in [6.45, 7) is 5.68. The molecule has 1 fully saturated rings. The highest BCUT2D eigenvalue weighted by Crippen LogP contribution is 2.29. The Morgan fingerprint density at radius 2 is 1.78 bits per heavy atom. The van der Waals surface area contributed by atoms with E-state index in [4.69, 9.17) is 4.74 Å². The minimum atomic E-state index is -0.237. The van der Waals surface area contributed by atoms with Gasteiger partial charge in [-0.25, -0.2) is 4.39 Å². The van der Waals surface area contributed by atoms with E-state index in [1.54, 1.807) is 23.9 Å². The molecule has 1 amide bonds. The first kappa shape index (κ1) is 19.5. The third kappa shape index (κ3) is 5.39. The first-order chi connectivity index (χ1) is 13.2. The minimum absolute atomic E-state index is 0.183. The van der Waals surface area contributed by atoms with E-state index in [-0.39, 0.29) is 11.7 Å². The van der Waals surface area contributed by atoms with Crippen LogP contribution in [-0.2, 0) is 4.79 Å². The Bertz CT molecular complexity index is 746. The molecule has 2 aromatic carbocycles. The molecule has 0 N–H and O–H groups in total. The summed E-state index contributed by atoms with van der Waals surface area (Å²) in [4.78, 5) is 17.7. The number of halogens is 1. The lowest BCUT2D eigenvalue weighted by Crippen LogP contribution is -2.49. The van der Waals surface area contributed by atoms with Gasteiger partial charge >= 0.3 is 0 Å². The molecule has 0 atom stereocenters. The molecule has 1 aliphatic heterocycles. The number of hydrogen-bond donors (Lipinski definition) is 0. The van der Waals surface area contributed by atoms with Crippen molar-refractivity contribution >= 4 is 23.4 Å². The van der Waals surface area contributed by atoms with Crippen molar-refractivity contribution in [3.63, 3.8) is 0 Å². The summed E-state index contributed by atoms with van der Waals surface area (Å²) in [5.74, 6) is 1.55. The molecular weight excluding hydrogens is 363 g/mol. The lowest BCUT2D eigenvalue weighted by molar-refractivity contribution is -0.131. The number of hydrogen-bond acceptors (Lipinski definition) is 4. The second-order valence-electron chi connectivity index (χ2n) is 6.32. The summed E-state index contributed by atoms with van der Waals surface area (Å²) in [5.41, 5.74) is 1.10. The first-order valence-electron chi connectivity index (χ1n) is 9.30. The molecule has 0 aliphatic carbocycles. The Balaban J connectivity index is 1.46. The first-order valence-corrected chi connectivity index (χ1v) is 10.3. The maximum Gasteiger partial charge on any atom is 0.223 e. The SMILES string of the molecule is CCOc1ccccc1N1CCN(C(=O)CCSc2ccc(F)cc2)CC1. The summed E-state index contributed by atoms with van der Waals surface area (Å²) in [6.07, 6.45) is 0.498. The number of ether oxygens (including phenoxy) is 1. The van der Waals surface area contributed by atoms with Gasteiger partial charge in [0, 0.05) is 43.2 Å². The van der Waals surface area contributed by atoms with Crippen molar-refractivity contribution in [3.8, 4) is 5.75 Å². The summed E-state index contributed by atoms with van der Waals surface area (Å²) in [7, 11) is 0. The zero-order chi connectivity index (χ0) is 19.1. The quantitative estimate of drug-likeness (QED) is 0.670.